The van der Waals surface area contributed by atoms with Gasteiger partial charge in [-0.2, -0.15) is 0 Å². The van der Waals surface area contributed by atoms with Crippen LogP contribution in [0.2, 0.25) is 0 Å². The lowest BCUT2D eigenvalue weighted by Gasteiger charge is -2.23. The molecule has 6 nitrogen and oxygen atoms in total. The van der Waals surface area contributed by atoms with Gasteiger partial charge in [-0.1, -0.05) is 24.0 Å². The van der Waals surface area contributed by atoms with Crippen molar-refractivity contribution in [2.45, 2.75) is 32.4 Å². The molecule has 1 fully saturated rings. The van der Waals surface area contributed by atoms with Gasteiger partial charge in [-0.25, -0.2) is 9.78 Å². The summed E-state index contributed by atoms with van der Waals surface area (Å²) in [4.78, 5) is 27.9. The number of rotatable bonds is 2. The van der Waals surface area contributed by atoms with Gasteiger partial charge in [-0.3, -0.25) is 14.7 Å². The summed E-state index contributed by atoms with van der Waals surface area (Å²) in [6.07, 6.45) is 2.73. The maximum absolute atomic E-state index is 12.0. The van der Waals surface area contributed by atoms with Gasteiger partial charge < -0.3 is 4.74 Å². The molecule has 1 aliphatic carbocycles. The second kappa shape index (κ2) is 6.10. The Morgan fingerprint density at radius 3 is 2.88 bits per heavy atom. The predicted octanol–water partition coefficient (Wildman–Crippen LogP) is 2.62. The van der Waals surface area contributed by atoms with Crippen molar-refractivity contribution in [3.8, 4) is 11.8 Å². The van der Waals surface area contributed by atoms with Crippen molar-refractivity contribution in [1.82, 2.24) is 9.55 Å². The van der Waals surface area contributed by atoms with Crippen LogP contribution in [-0.2, 0) is 11.3 Å². The highest BCUT2D eigenvalue weighted by atomic mass is 16.6. The van der Waals surface area contributed by atoms with E-state index in [9.17, 15) is 9.59 Å². The molecule has 4 rings (SSSR count). The van der Waals surface area contributed by atoms with E-state index in [0.717, 1.165) is 24.0 Å². The Morgan fingerprint density at radius 1 is 1.28 bits per heavy atom. The summed E-state index contributed by atoms with van der Waals surface area (Å²) in [5.74, 6) is 6.64. The molecule has 0 spiro atoms. The Morgan fingerprint density at radius 2 is 2.12 bits per heavy atom. The summed E-state index contributed by atoms with van der Waals surface area (Å²) >= 11 is 0. The van der Waals surface area contributed by atoms with Crippen molar-refractivity contribution in [1.29, 1.82) is 0 Å². The van der Waals surface area contributed by atoms with Crippen LogP contribution in [-0.4, -0.2) is 15.6 Å². The fourth-order valence-electron chi connectivity index (χ4n) is 2.71. The van der Waals surface area contributed by atoms with Gasteiger partial charge in [0.25, 0.3) is 5.56 Å². The first kappa shape index (κ1) is 15.5. The maximum Gasteiger partial charge on any atom is 0.413 e. The minimum Gasteiger partial charge on any atom is -0.428 e. The summed E-state index contributed by atoms with van der Waals surface area (Å²) in [7, 11) is 0. The fraction of sp³-hybridized carbons (Fsp3) is 0.316. The zero-order valence-corrected chi connectivity index (χ0v) is 13.8. The number of nitrogens with zero attached hydrogens (tertiary/aromatic N) is 2. The molecule has 25 heavy (non-hydrogen) atoms. The van der Waals surface area contributed by atoms with Crippen LogP contribution < -0.4 is 10.9 Å². The van der Waals surface area contributed by atoms with E-state index < -0.39 is 12.2 Å². The third-order valence-corrected chi connectivity index (χ3v) is 4.23. The first-order valence-electron chi connectivity index (χ1n) is 8.23. The summed E-state index contributed by atoms with van der Waals surface area (Å²) in [5, 5.41) is 2.71. The SMILES string of the molecule is Cc1cc(=O)n(Cc2ccc3c(c2)NC(=O)O[C@H]3C#CC2CC2)cn1. The maximum atomic E-state index is 12.0. The number of aromatic nitrogens is 2. The molecule has 0 saturated heterocycles. The Balaban J connectivity index is 1.62. The van der Waals surface area contributed by atoms with E-state index in [1.807, 2.05) is 18.2 Å². The molecule has 2 heterocycles. The number of benzene rings is 1. The van der Waals surface area contributed by atoms with Gasteiger partial charge in [0.1, 0.15) is 0 Å². The van der Waals surface area contributed by atoms with Crippen molar-refractivity contribution in [2.24, 2.45) is 5.92 Å². The van der Waals surface area contributed by atoms with Crippen molar-refractivity contribution in [3.05, 3.63) is 57.8 Å². The van der Waals surface area contributed by atoms with Crippen LogP contribution >= 0.6 is 0 Å². The topological polar surface area (TPSA) is 73.2 Å². The molecule has 2 aromatic rings. The van der Waals surface area contributed by atoms with Crippen molar-refractivity contribution in [2.75, 3.05) is 5.32 Å². The lowest BCUT2D eigenvalue weighted by Crippen LogP contribution is -2.24. The molecule has 2 aliphatic rings. The number of fused-ring (bicyclic) bond motifs is 1. The molecule has 1 aromatic carbocycles. The van der Waals surface area contributed by atoms with Gasteiger partial charge in [-0.05, 0) is 31.4 Å². The molecule has 1 N–H and O–H groups in total. The van der Waals surface area contributed by atoms with E-state index in [1.54, 1.807) is 6.92 Å². The number of cyclic esters (lactones) is 1. The molecule has 1 atom stereocenters. The second-order valence-electron chi connectivity index (χ2n) is 6.39. The Bertz CT molecular complexity index is 964. The van der Waals surface area contributed by atoms with Crippen molar-refractivity contribution < 1.29 is 9.53 Å². The monoisotopic (exact) mass is 335 g/mol. The van der Waals surface area contributed by atoms with Crippen LogP contribution in [0.5, 0.6) is 0 Å². The first-order valence-corrected chi connectivity index (χ1v) is 8.23. The van der Waals surface area contributed by atoms with E-state index in [0.29, 0.717) is 23.8 Å². The molecule has 1 amide bonds. The molecule has 1 aliphatic heterocycles. The summed E-state index contributed by atoms with van der Waals surface area (Å²) in [6, 6.07) is 7.16. The Kier molecular flexibility index (Phi) is 3.77. The lowest BCUT2D eigenvalue weighted by molar-refractivity contribution is 0.134. The molecule has 0 unspecified atom stereocenters. The van der Waals surface area contributed by atoms with Crippen LogP contribution in [0.3, 0.4) is 0 Å². The minimum atomic E-state index is -0.540. The molecule has 126 valence electrons. The standard InChI is InChI=1S/C19H17N3O3/c1-12-8-18(23)22(11-20-12)10-14-4-6-15-16(9-14)21-19(24)25-17(15)7-5-13-2-3-13/h4,6,8-9,11,13,17H,2-3,10H2,1H3,(H,21,24)/t17-/m0/s1. The van der Waals surface area contributed by atoms with E-state index in [1.165, 1.54) is 17.0 Å². The van der Waals surface area contributed by atoms with E-state index in [-0.39, 0.29) is 5.56 Å². The van der Waals surface area contributed by atoms with Crippen LogP contribution in [0, 0.1) is 24.7 Å². The highest BCUT2D eigenvalue weighted by Crippen LogP contribution is 2.33. The zero-order valence-electron chi connectivity index (χ0n) is 13.8. The van der Waals surface area contributed by atoms with Gasteiger partial charge in [0.05, 0.1) is 18.6 Å². The number of aryl methyl sites for hydroxylation is 1. The van der Waals surface area contributed by atoms with Gasteiger partial charge in [0.15, 0.2) is 6.10 Å². The van der Waals surface area contributed by atoms with Crippen molar-refractivity contribution in [3.63, 3.8) is 0 Å². The molecular formula is C19H17N3O3. The second-order valence-corrected chi connectivity index (χ2v) is 6.39. The van der Waals surface area contributed by atoms with Gasteiger partial charge in [0.2, 0.25) is 0 Å². The summed E-state index contributed by atoms with van der Waals surface area (Å²) in [6.45, 7) is 2.16. The number of hydrogen-bond acceptors (Lipinski definition) is 4. The van der Waals surface area contributed by atoms with Gasteiger partial charge in [0, 0.05) is 23.2 Å². The number of amides is 1. The third kappa shape index (κ3) is 3.41. The zero-order chi connectivity index (χ0) is 17.4. The lowest BCUT2D eigenvalue weighted by atomic mass is 10.0. The number of nitrogens with one attached hydrogen (secondary N) is 1. The number of anilines is 1. The third-order valence-electron chi connectivity index (χ3n) is 4.23. The number of hydrogen-bond donors (Lipinski definition) is 1. The largest absolute Gasteiger partial charge is 0.428 e. The van der Waals surface area contributed by atoms with Crippen LogP contribution in [0.25, 0.3) is 0 Å². The first-order chi connectivity index (χ1) is 12.1. The number of carbonyl (C=O) groups is 1. The average Bonchev–Trinajstić information content (AvgIpc) is 3.39. The molecule has 6 heteroatoms. The summed E-state index contributed by atoms with van der Waals surface area (Å²) in [5.41, 5.74) is 2.99. The van der Waals surface area contributed by atoms with Gasteiger partial charge >= 0.3 is 6.09 Å². The highest BCUT2D eigenvalue weighted by Gasteiger charge is 2.26. The normalized spacial score (nSPS) is 18.4. The molecular weight excluding hydrogens is 318 g/mol. The highest BCUT2D eigenvalue weighted by molar-refractivity contribution is 5.88. The average molecular weight is 335 g/mol. The molecule has 0 radical (unpaired) electrons. The predicted molar refractivity (Wildman–Crippen MR) is 92.1 cm³/mol. The Labute approximate surface area is 144 Å². The van der Waals surface area contributed by atoms with E-state index in [4.69, 9.17) is 4.74 Å². The van der Waals surface area contributed by atoms with Gasteiger partial charge in [-0.15, -0.1) is 0 Å². The number of carbonyl (C=O) groups excluding carboxylic acids is 1. The van der Waals surface area contributed by atoms with Crippen LogP contribution in [0.15, 0.2) is 35.4 Å². The van der Waals surface area contributed by atoms with Crippen molar-refractivity contribution >= 4 is 11.8 Å². The smallest absolute Gasteiger partial charge is 0.413 e. The number of ether oxygens (including phenoxy) is 1. The van der Waals surface area contributed by atoms with Crippen LogP contribution in [0.1, 0.15) is 35.8 Å². The van der Waals surface area contributed by atoms with E-state index in [2.05, 4.69) is 22.1 Å². The minimum absolute atomic E-state index is 0.106. The Hall–Kier alpha value is -3.07. The summed E-state index contributed by atoms with van der Waals surface area (Å²) < 4.78 is 6.82. The van der Waals surface area contributed by atoms with Crippen LogP contribution in [0.4, 0.5) is 10.5 Å². The molecule has 1 saturated carbocycles. The molecule has 1 aromatic heterocycles. The quantitative estimate of drug-likeness (QED) is 0.856. The van der Waals surface area contributed by atoms with E-state index >= 15 is 0 Å². The fourth-order valence-corrected chi connectivity index (χ4v) is 2.71. The molecule has 0 bridgehead atoms.